The Labute approximate surface area is 125 Å². The van der Waals surface area contributed by atoms with Crippen molar-refractivity contribution in [1.82, 2.24) is 9.80 Å². The van der Waals surface area contributed by atoms with E-state index in [2.05, 4.69) is 22.4 Å². The molecule has 0 radical (unpaired) electrons. The summed E-state index contributed by atoms with van der Waals surface area (Å²) in [5.41, 5.74) is 0. The number of hydrogen-bond donors (Lipinski definition) is 1. The van der Waals surface area contributed by atoms with Crippen molar-refractivity contribution in [1.29, 1.82) is 0 Å². The maximum absolute atomic E-state index is 12.1. The lowest BCUT2D eigenvalue weighted by Gasteiger charge is -2.22. The molecule has 2 heterocycles. The Bertz CT molecular complexity index is 406. The second kappa shape index (κ2) is 7.76. The maximum Gasteiger partial charge on any atom is 0.222 e. The number of aliphatic hydroxyl groups excluding tert-OH is 1. The SMILES string of the molecule is CC(O)CCC(=O)N1CCCN(Cc2cccs2)CC1. The van der Waals surface area contributed by atoms with Gasteiger partial charge in [0.25, 0.3) is 0 Å². The van der Waals surface area contributed by atoms with Crippen LogP contribution in [0.3, 0.4) is 0 Å². The van der Waals surface area contributed by atoms with Gasteiger partial charge in [0.05, 0.1) is 6.10 Å². The molecule has 4 nitrogen and oxygen atoms in total. The van der Waals surface area contributed by atoms with Gasteiger partial charge in [-0.3, -0.25) is 9.69 Å². The molecule has 1 aromatic heterocycles. The van der Waals surface area contributed by atoms with E-state index in [1.165, 1.54) is 4.88 Å². The average molecular weight is 296 g/mol. The Hall–Kier alpha value is -0.910. The molecule has 0 aromatic carbocycles. The van der Waals surface area contributed by atoms with Crippen LogP contribution in [-0.2, 0) is 11.3 Å². The molecule has 2 rings (SSSR count). The molecule has 1 unspecified atom stereocenters. The summed E-state index contributed by atoms with van der Waals surface area (Å²) in [6.07, 6.45) is 1.67. The molecule has 0 bridgehead atoms. The Morgan fingerprint density at radius 2 is 2.25 bits per heavy atom. The topological polar surface area (TPSA) is 43.8 Å². The van der Waals surface area contributed by atoms with Crippen molar-refractivity contribution in [3.05, 3.63) is 22.4 Å². The standard InChI is InChI=1S/C15H24N2O2S/c1-13(18)5-6-15(19)17-8-3-7-16(9-10-17)12-14-4-2-11-20-14/h2,4,11,13,18H,3,5-10,12H2,1H3. The first-order chi connectivity index (χ1) is 9.65. The zero-order chi connectivity index (χ0) is 14.4. The molecule has 1 aliphatic heterocycles. The van der Waals surface area contributed by atoms with Gasteiger partial charge in [-0.05, 0) is 31.2 Å². The van der Waals surface area contributed by atoms with E-state index in [9.17, 15) is 9.90 Å². The zero-order valence-electron chi connectivity index (χ0n) is 12.1. The summed E-state index contributed by atoms with van der Waals surface area (Å²) in [6.45, 7) is 6.38. The lowest BCUT2D eigenvalue weighted by atomic mass is 10.2. The number of aliphatic hydroxyl groups is 1. The molecular formula is C15H24N2O2S. The number of carbonyl (C=O) groups excluding carboxylic acids is 1. The van der Waals surface area contributed by atoms with E-state index in [1.807, 2.05) is 4.90 Å². The minimum absolute atomic E-state index is 0.184. The van der Waals surface area contributed by atoms with Crippen molar-refractivity contribution < 1.29 is 9.90 Å². The molecule has 1 saturated heterocycles. The molecule has 0 aliphatic carbocycles. The van der Waals surface area contributed by atoms with Gasteiger partial charge in [0.15, 0.2) is 0 Å². The van der Waals surface area contributed by atoms with Gasteiger partial charge >= 0.3 is 0 Å². The molecule has 1 atom stereocenters. The molecule has 20 heavy (non-hydrogen) atoms. The van der Waals surface area contributed by atoms with E-state index in [-0.39, 0.29) is 12.0 Å². The molecule has 1 N–H and O–H groups in total. The quantitative estimate of drug-likeness (QED) is 0.903. The van der Waals surface area contributed by atoms with Crippen LogP contribution in [0.5, 0.6) is 0 Å². The summed E-state index contributed by atoms with van der Waals surface area (Å²) in [6, 6.07) is 4.25. The number of rotatable bonds is 5. The van der Waals surface area contributed by atoms with Crippen molar-refractivity contribution in [2.45, 2.75) is 38.8 Å². The molecule has 0 saturated carbocycles. The third-order valence-corrected chi connectivity index (χ3v) is 4.54. The first-order valence-electron chi connectivity index (χ1n) is 7.35. The van der Waals surface area contributed by atoms with E-state index in [0.717, 1.165) is 39.1 Å². The second-order valence-corrected chi connectivity index (χ2v) is 6.51. The smallest absolute Gasteiger partial charge is 0.222 e. The van der Waals surface area contributed by atoms with Gasteiger partial charge in [0.2, 0.25) is 5.91 Å². The Balaban J connectivity index is 1.78. The van der Waals surface area contributed by atoms with Crippen LogP contribution in [0.4, 0.5) is 0 Å². The fourth-order valence-electron chi connectivity index (χ4n) is 2.49. The van der Waals surface area contributed by atoms with Crippen LogP contribution in [0.15, 0.2) is 17.5 Å². The summed E-state index contributed by atoms with van der Waals surface area (Å²) in [4.78, 5) is 17.8. The van der Waals surface area contributed by atoms with Gasteiger partial charge < -0.3 is 10.0 Å². The summed E-state index contributed by atoms with van der Waals surface area (Å²) in [5.74, 6) is 0.184. The summed E-state index contributed by atoms with van der Waals surface area (Å²) in [5, 5.41) is 11.4. The van der Waals surface area contributed by atoms with Crippen molar-refractivity contribution >= 4 is 17.2 Å². The number of nitrogens with zero attached hydrogens (tertiary/aromatic N) is 2. The number of thiophene rings is 1. The van der Waals surface area contributed by atoms with Gasteiger partial charge in [-0.25, -0.2) is 0 Å². The van der Waals surface area contributed by atoms with Crippen LogP contribution >= 0.6 is 11.3 Å². The maximum atomic E-state index is 12.1. The highest BCUT2D eigenvalue weighted by Crippen LogP contribution is 2.14. The van der Waals surface area contributed by atoms with Crippen LogP contribution in [0.25, 0.3) is 0 Å². The van der Waals surface area contributed by atoms with Gasteiger partial charge in [-0.15, -0.1) is 11.3 Å². The monoisotopic (exact) mass is 296 g/mol. The summed E-state index contributed by atoms with van der Waals surface area (Å²) >= 11 is 1.79. The van der Waals surface area contributed by atoms with Crippen LogP contribution < -0.4 is 0 Å². The van der Waals surface area contributed by atoms with Crippen LogP contribution in [0, 0.1) is 0 Å². The lowest BCUT2D eigenvalue weighted by molar-refractivity contribution is -0.131. The zero-order valence-corrected chi connectivity index (χ0v) is 12.9. The Morgan fingerprint density at radius 1 is 1.40 bits per heavy atom. The van der Waals surface area contributed by atoms with Crippen molar-refractivity contribution in [2.75, 3.05) is 26.2 Å². The lowest BCUT2D eigenvalue weighted by Crippen LogP contribution is -2.35. The van der Waals surface area contributed by atoms with E-state index in [4.69, 9.17) is 0 Å². The van der Waals surface area contributed by atoms with E-state index in [1.54, 1.807) is 18.3 Å². The number of amides is 1. The van der Waals surface area contributed by atoms with Crippen LogP contribution in [0.2, 0.25) is 0 Å². The van der Waals surface area contributed by atoms with Crippen LogP contribution in [-0.4, -0.2) is 53.1 Å². The van der Waals surface area contributed by atoms with Gasteiger partial charge in [0.1, 0.15) is 0 Å². The molecule has 1 aliphatic rings. The molecule has 1 amide bonds. The molecule has 1 fully saturated rings. The first kappa shape index (κ1) is 15.5. The molecule has 112 valence electrons. The largest absolute Gasteiger partial charge is 0.393 e. The fraction of sp³-hybridized carbons (Fsp3) is 0.667. The highest BCUT2D eigenvalue weighted by atomic mass is 32.1. The third kappa shape index (κ3) is 4.89. The predicted octanol–water partition coefficient (Wildman–Crippen LogP) is 1.94. The first-order valence-corrected chi connectivity index (χ1v) is 8.23. The fourth-order valence-corrected chi connectivity index (χ4v) is 3.24. The van der Waals surface area contributed by atoms with Crippen molar-refractivity contribution in [3.8, 4) is 0 Å². The van der Waals surface area contributed by atoms with Crippen molar-refractivity contribution in [2.24, 2.45) is 0 Å². The average Bonchev–Trinajstić information content (AvgIpc) is 2.81. The third-order valence-electron chi connectivity index (χ3n) is 3.68. The number of hydrogen-bond acceptors (Lipinski definition) is 4. The normalized spacial score (nSPS) is 18.8. The van der Waals surface area contributed by atoms with Crippen LogP contribution in [0.1, 0.15) is 31.1 Å². The van der Waals surface area contributed by atoms with E-state index < -0.39 is 0 Å². The highest BCUT2D eigenvalue weighted by Gasteiger charge is 2.19. The van der Waals surface area contributed by atoms with E-state index >= 15 is 0 Å². The minimum Gasteiger partial charge on any atom is -0.393 e. The van der Waals surface area contributed by atoms with Gasteiger partial charge in [-0.1, -0.05) is 6.07 Å². The van der Waals surface area contributed by atoms with Gasteiger partial charge in [-0.2, -0.15) is 0 Å². The molecule has 1 aromatic rings. The second-order valence-electron chi connectivity index (χ2n) is 5.48. The molecule has 0 spiro atoms. The predicted molar refractivity (Wildman–Crippen MR) is 81.7 cm³/mol. The highest BCUT2D eigenvalue weighted by molar-refractivity contribution is 7.09. The van der Waals surface area contributed by atoms with E-state index in [0.29, 0.717) is 12.8 Å². The molecular weight excluding hydrogens is 272 g/mol. The summed E-state index contributed by atoms with van der Waals surface area (Å²) in [7, 11) is 0. The van der Waals surface area contributed by atoms with Crippen molar-refractivity contribution in [3.63, 3.8) is 0 Å². The van der Waals surface area contributed by atoms with Gasteiger partial charge in [0, 0.05) is 44.0 Å². The number of carbonyl (C=O) groups is 1. The Kier molecular flexibility index (Phi) is 6.01. The summed E-state index contributed by atoms with van der Waals surface area (Å²) < 4.78 is 0. The molecule has 5 heteroatoms. The minimum atomic E-state index is -0.388. The Morgan fingerprint density at radius 3 is 2.95 bits per heavy atom.